The Morgan fingerprint density at radius 2 is 2.10 bits per heavy atom. The molecule has 3 N–H and O–H groups in total. The van der Waals surface area contributed by atoms with Crippen LogP contribution in [-0.4, -0.2) is 20.9 Å². The van der Waals surface area contributed by atoms with E-state index in [0.717, 1.165) is 31.4 Å². The van der Waals surface area contributed by atoms with Gasteiger partial charge in [-0.1, -0.05) is 18.5 Å². The van der Waals surface area contributed by atoms with Crippen LogP contribution in [0.15, 0.2) is 17.0 Å². The summed E-state index contributed by atoms with van der Waals surface area (Å²) in [5.41, 5.74) is -0.327. The molecular formula is C13H16ClFN2O3S. The van der Waals surface area contributed by atoms with E-state index in [1.165, 1.54) is 0 Å². The van der Waals surface area contributed by atoms with Crippen molar-refractivity contribution in [1.82, 2.24) is 5.32 Å². The third-order valence-corrected chi connectivity index (χ3v) is 5.01. The first-order valence-corrected chi connectivity index (χ1v) is 8.41. The van der Waals surface area contributed by atoms with E-state index in [-0.39, 0.29) is 10.4 Å². The molecule has 0 bridgehead atoms. The number of rotatable bonds is 5. The zero-order valence-corrected chi connectivity index (χ0v) is 13.0. The summed E-state index contributed by atoms with van der Waals surface area (Å²) in [6, 6.07) is 1.98. The molecule has 1 fully saturated rings. The highest BCUT2D eigenvalue weighted by Gasteiger charge is 2.40. The maximum absolute atomic E-state index is 14.1. The highest BCUT2D eigenvalue weighted by atomic mass is 35.5. The van der Waals surface area contributed by atoms with Crippen LogP contribution in [0, 0.1) is 11.2 Å². The summed E-state index contributed by atoms with van der Waals surface area (Å²) in [6.07, 6.45) is 2.96. The van der Waals surface area contributed by atoms with Crippen molar-refractivity contribution in [3.05, 3.63) is 28.5 Å². The van der Waals surface area contributed by atoms with Gasteiger partial charge in [0.15, 0.2) is 5.82 Å². The van der Waals surface area contributed by atoms with Crippen LogP contribution in [0.3, 0.4) is 0 Å². The minimum absolute atomic E-state index is 0.0674. The molecule has 1 saturated carbocycles. The molecule has 1 aromatic carbocycles. The predicted molar refractivity (Wildman–Crippen MR) is 77.1 cm³/mol. The number of hydrogen-bond acceptors (Lipinski definition) is 3. The first-order chi connectivity index (χ1) is 9.68. The summed E-state index contributed by atoms with van der Waals surface area (Å²) < 4.78 is 36.7. The Morgan fingerprint density at radius 1 is 1.48 bits per heavy atom. The molecule has 0 heterocycles. The Bertz CT molecular complexity index is 687. The first-order valence-electron chi connectivity index (χ1n) is 6.48. The average molecular weight is 335 g/mol. The molecule has 1 amide bonds. The van der Waals surface area contributed by atoms with Gasteiger partial charge in [-0.3, -0.25) is 4.79 Å². The highest BCUT2D eigenvalue weighted by Crippen LogP contribution is 2.47. The van der Waals surface area contributed by atoms with Crippen LogP contribution in [0.1, 0.15) is 36.5 Å². The lowest BCUT2D eigenvalue weighted by Crippen LogP contribution is -2.31. The van der Waals surface area contributed by atoms with Crippen LogP contribution in [0.25, 0.3) is 0 Å². The number of amides is 1. The number of carbonyl (C=O) groups is 1. The van der Waals surface area contributed by atoms with E-state index in [4.69, 9.17) is 16.7 Å². The van der Waals surface area contributed by atoms with Crippen molar-refractivity contribution < 1.29 is 17.6 Å². The molecule has 0 spiro atoms. The first kappa shape index (κ1) is 16.2. The lowest BCUT2D eigenvalue weighted by atomic mass is 10.0. The minimum Gasteiger partial charge on any atom is -0.351 e. The van der Waals surface area contributed by atoms with E-state index in [2.05, 4.69) is 5.32 Å². The van der Waals surface area contributed by atoms with Gasteiger partial charge in [0.2, 0.25) is 10.0 Å². The SMILES string of the molecule is CCC1(CNC(=O)c2cc(Cl)cc(S(N)(=O)=O)c2F)CC1. The van der Waals surface area contributed by atoms with Crippen molar-refractivity contribution in [1.29, 1.82) is 0 Å². The summed E-state index contributed by atoms with van der Waals surface area (Å²) in [4.78, 5) is 11.3. The largest absolute Gasteiger partial charge is 0.351 e. The Labute approximate surface area is 127 Å². The molecule has 1 aliphatic carbocycles. The Kier molecular flexibility index (Phi) is 4.28. The fourth-order valence-corrected chi connectivity index (χ4v) is 3.07. The number of halogens is 2. The molecule has 2 rings (SSSR count). The maximum Gasteiger partial charge on any atom is 0.254 e. The number of hydrogen-bond donors (Lipinski definition) is 2. The van der Waals surface area contributed by atoms with Gasteiger partial charge in [-0.2, -0.15) is 0 Å². The zero-order valence-electron chi connectivity index (χ0n) is 11.4. The molecule has 0 radical (unpaired) electrons. The van der Waals surface area contributed by atoms with Crippen LogP contribution >= 0.6 is 11.6 Å². The molecule has 1 aromatic rings. The summed E-state index contributed by atoms with van der Waals surface area (Å²) in [5, 5.41) is 7.47. The molecule has 0 atom stereocenters. The standard InChI is InChI=1S/C13H16ClFN2O3S/c1-2-13(3-4-13)7-17-12(18)9-5-8(14)6-10(11(9)15)21(16,19)20/h5-6H,2-4,7H2,1H3,(H,17,18)(H2,16,19,20). The highest BCUT2D eigenvalue weighted by molar-refractivity contribution is 7.89. The lowest BCUT2D eigenvalue weighted by Gasteiger charge is -2.14. The van der Waals surface area contributed by atoms with Crippen molar-refractivity contribution in [2.75, 3.05) is 6.54 Å². The van der Waals surface area contributed by atoms with Gasteiger partial charge < -0.3 is 5.32 Å². The molecule has 0 saturated heterocycles. The van der Waals surface area contributed by atoms with Crippen molar-refractivity contribution in [3.63, 3.8) is 0 Å². The van der Waals surface area contributed by atoms with Crippen LogP contribution in [0.5, 0.6) is 0 Å². The van der Waals surface area contributed by atoms with Gasteiger partial charge in [0, 0.05) is 11.6 Å². The minimum atomic E-state index is -4.29. The van der Waals surface area contributed by atoms with Gasteiger partial charge in [-0.15, -0.1) is 0 Å². The summed E-state index contributed by atoms with van der Waals surface area (Å²) in [5.74, 6) is -1.87. The third-order valence-electron chi connectivity index (χ3n) is 3.89. The summed E-state index contributed by atoms with van der Waals surface area (Å²) >= 11 is 5.74. The molecule has 1 aliphatic rings. The van der Waals surface area contributed by atoms with Gasteiger partial charge >= 0.3 is 0 Å². The van der Waals surface area contributed by atoms with Crippen LogP contribution in [-0.2, 0) is 10.0 Å². The number of nitrogens with two attached hydrogens (primary N) is 1. The number of nitrogens with one attached hydrogen (secondary N) is 1. The molecule has 5 nitrogen and oxygen atoms in total. The molecular weight excluding hydrogens is 319 g/mol. The van der Waals surface area contributed by atoms with E-state index in [9.17, 15) is 17.6 Å². The van der Waals surface area contributed by atoms with Crippen LogP contribution in [0.2, 0.25) is 5.02 Å². The molecule has 8 heteroatoms. The van der Waals surface area contributed by atoms with Crippen molar-refractivity contribution >= 4 is 27.5 Å². The topological polar surface area (TPSA) is 89.3 Å². The Hall–Kier alpha value is -1.18. The van der Waals surface area contributed by atoms with E-state index < -0.39 is 32.2 Å². The average Bonchev–Trinajstić information content (AvgIpc) is 3.17. The smallest absolute Gasteiger partial charge is 0.254 e. The van der Waals surface area contributed by atoms with Crippen LogP contribution < -0.4 is 10.5 Å². The fourth-order valence-electron chi connectivity index (χ4n) is 2.13. The zero-order chi connectivity index (χ0) is 15.8. The van der Waals surface area contributed by atoms with E-state index >= 15 is 0 Å². The van der Waals surface area contributed by atoms with E-state index in [1.807, 2.05) is 6.92 Å². The van der Waals surface area contributed by atoms with Gasteiger partial charge in [0.05, 0.1) is 5.56 Å². The summed E-state index contributed by atoms with van der Waals surface area (Å²) in [6.45, 7) is 2.46. The molecule has 0 aliphatic heterocycles. The Morgan fingerprint density at radius 3 is 2.57 bits per heavy atom. The molecule has 21 heavy (non-hydrogen) atoms. The fraction of sp³-hybridized carbons (Fsp3) is 0.462. The number of benzene rings is 1. The van der Waals surface area contributed by atoms with Gasteiger partial charge in [-0.25, -0.2) is 17.9 Å². The number of primary sulfonamides is 1. The molecule has 0 aromatic heterocycles. The Balaban J connectivity index is 2.27. The third kappa shape index (κ3) is 3.53. The maximum atomic E-state index is 14.1. The second kappa shape index (κ2) is 5.55. The molecule has 116 valence electrons. The normalized spacial score (nSPS) is 16.6. The van der Waals surface area contributed by atoms with Crippen LogP contribution in [0.4, 0.5) is 4.39 Å². The van der Waals surface area contributed by atoms with Gasteiger partial charge in [-0.05, 0) is 36.8 Å². The van der Waals surface area contributed by atoms with Gasteiger partial charge in [0.25, 0.3) is 5.91 Å². The van der Waals surface area contributed by atoms with Gasteiger partial charge in [0.1, 0.15) is 4.90 Å². The van der Waals surface area contributed by atoms with Crippen molar-refractivity contribution in [2.45, 2.75) is 31.1 Å². The lowest BCUT2D eigenvalue weighted by molar-refractivity contribution is 0.0939. The quantitative estimate of drug-likeness (QED) is 0.863. The molecule has 0 unspecified atom stereocenters. The number of sulfonamides is 1. The summed E-state index contributed by atoms with van der Waals surface area (Å²) in [7, 11) is -4.29. The second-order valence-corrected chi connectivity index (χ2v) is 7.31. The van der Waals surface area contributed by atoms with E-state index in [0.29, 0.717) is 6.54 Å². The monoisotopic (exact) mass is 334 g/mol. The predicted octanol–water partition coefficient (Wildman–Crippen LogP) is 2.05. The van der Waals surface area contributed by atoms with Crippen molar-refractivity contribution in [2.24, 2.45) is 10.6 Å². The van der Waals surface area contributed by atoms with E-state index in [1.54, 1.807) is 0 Å². The van der Waals surface area contributed by atoms with Crippen molar-refractivity contribution in [3.8, 4) is 0 Å². The second-order valence-electron chi connectivity index (χ2n) is 5.35. The number of carbonyl (C=O) groups excluding carboxylic acids is 1.